The van der Waals surface area contributed by atoms with Gasteiger partial charge in [0.2, 0.25) is 5.91 Å². The van der Waals surface area contributed by atoms with Crippen LogP contribution in [-0.4, -0.2) is 52.8 Å². The van der Waals surface area contributed by atoms with Gasteiger partial charge in [-0.3, -0.25) is 14.6 Å². The van der Waals surface area contributed by atoms with E-state index in [4.69, 9.17) is 0 Å². The summed E-state index contributed by atoms with van der Waals surface area (Å²) < 4.78 is 0. The molecule has 0 radical (unpaired) electrons. The lowest BCUT2D eigenvalue weighted by atomic mass is 10.0. The Morgan fingerprint density at radius 1 is 0.963 bits per heavy atom. The number of hydrogen-bond acceptors (Lipinski definition) is 3. The molecule has 1 aromatic carbocycles. The summed E-state index contributed by atoms with van der Waals surface area (Å²) in [6.07, 6.45) is 2.83. The topological polar surface area (TPSA) is 53.5 Å². The minimum atomic E-state index is -0.0610. The molecular weight excluding hydrogens is 338 g/mol. The number of carbonyl (C=O) groups is 2. The highest BCUT2D eigenvalue weighted by atomic mass is 16.2. The Morgan fingerprint density at radius 3 is 2.33 bits per heavy atom. The molecule has 0 unspecified atom stereocenters. The lowest BCUT2D eigenvalue weighted by Gasteiger charge is -2.22. The zero-order valence-corrected chi connectivity index (χ0v) is 16.1. The maximum atomic E-state index is 12.7. The molecule has 1 saturated heterocycles. The highest BCUT2D eigenvalue weighted by molar-refractivity contribution is 5.92. The monoisotopic (exact) mass is 365 g/mol. The van der Waals surface area contributed by atoms with E-state index in [0.717, 1.165) is 12.0 Å². The van der Waals surface area contributed by atoms with Gasteiger partial charge in [0, 0.05) is 32.4 Å². The molecule has 1 aromatic heterocycles. The average molecular weight is 365 g/mol. The SMILES string of the molecule is CC(C)c1ccc(CC(=O)N2CCCN(C(=O)c3ccccn3)CC2)cc1. The third kappa shape index (κ3) is 4.94. The number of benzene rings is 1. The number of aromatic nitrogens is 1. The van der Waals surface area contributed by atoms with Crippen molar-refractivity contribution in [1.29, 1.82) is 0 Å². The summed E-state index contributed by atoms with van der Waals surface area (Å²) in [6.45, 7) is 6.79. The molecule has 0 N–H and O–H groups in total. The smallest absolute Gasteiger partial charge is 0.272 e. The van der Waals surface area contributed by atoms with E-state index >= 15 is 0 Å². The first-order valence-electron chi connectivity index (χ1n) is 9.61. The van der Waals surface area contributed by atoms with Crippen molar-refractivity contribution in [2.75, 3.05) is 26.2 Å². The molecule has 5 heteroatoms. The van der Waals surface area contributed by atoms with Crippen LogP contribution in [0.5, 0.6) is 0 Å². The van der Waals surface area contributed by atoms with Gasteiger partial charge in [-0.25, -0.2) is 0 Å². The fraction of sp³-hybridized carbons (Fsp3) is 0.409. The normalized spacial score (nSPS) is 14.9. The Hall–Kier alpha value is -2.69. The molecular formula is C22H27N3O2. The van der Waals surface area contributed by atoms with Crippen molar-refractivity contribution in [1.82, 2.24) is 14.8 Å². The van der Waals surface area contributed by atoms with E-state index in [1.54, 1.807) is 23.2 Å². The fourth-order valence-electron chi connectivity index (χ4n) is 3.33. The van der Waals surface area contributed by atoms with Crippen LogP contribution >= 0.6 is 0 Å². The molecule has 0 spiro atoms. The summed E-state index contributed by atoms with van der Waals surface area (Å²) in [5.74, 6) is 0.552. The van der Waals surface area contributed by atoms with Gasteiger partial charge in [-0.1, -0.05) is 44.2 Å². The highest BCUT2D eigenvalue weighted by Gasteiger charge is 2.23. The number of carbonyl (C=O) groups excluding carboxylic acids is 2. The van der Waals surface area contributed by atoms with E-state index in [0.29, 0.717) is 44.2 Å². The summed E-state index contributed by atoms with van der Waals surface area (Å²) >= 11 is 0. The van der Waals surface area contributed by atoms with Gasteiger partial charge >= 0.3 is 0 Å². The molecule has 0 saturated carbocycles. The molecule has 0 bridgehead atoms. The van der Waals surface area contributed by atoms with Crippen LogP contribution in [0.25, 0.3) is 0 Å². The lowest BCUT2D eigenvalue weighted by Crippen LogP contribution is -2.38. The summed E-state index contributed by atoms with van der Waals surface area (Å²) in [4.78, 5) is 33.1. The van der Waals surface area contributed by atoms with Gasteiger partial charge in [0.15, 0.2) is 0 Å². The van der Waals surface area contributed by atoms with Crippen LogP contribution in [0, 0.1) is 0 Å². The predicted molar refractivity (Wildman–Crippen MR) is 106 cm³/mol. The number of pyridine rings is 1. The van der Waals surface area contributed by atoms with Crippen molar-refractivity contribution >= 4 is 11.8 Å². The summed E-state index contributed by atoms with van der Waals surface area (Å²) in [7, 11) is 0. The molecule has 3 rings (SSSR count). The molecule has 1 fully saturated rings. The Labute approximate surface area is 161 Å². The van der Waals surface area contributed by atoms with E-state index in [-0.39, 0.29) is 11.8 Å². The second-order valence-corrected chi connectivity index (χ2v) is 7.31. The molecule has 0 aliphatic carbocycles. The van der Waals surface area contributed by atoms with Crippen LogP contribution < -0.4 is 0 Å². The molecule has 2 amide bonds. The Balaban J connectivity index is 1.57. The lowest BCUT2D eigenvalue weighted by molar-refractivity contribution is -0.130. The second kappa shape index (κ2) is 8.80. The average Bonchev–Trinajstić information content (AvgIpc) is 2.95. The van der Waals surface area contributed by atoms with E-state index < -0.39 is 0 Å². The van der Waals surface area contributed by atoms with Gasteiger partial charge in [-0.05, 0) is 35.6 Å². The van der Waals surface area contributed by atoms with Gasteiger partial charge in [0.05, 0.1) is 6.42 Å². The molecule has 1 aliphatic heterocycles. The van der Waals surface area contributed by atoms with E-state index in [1.165, 1.54) is 5.56 Å². The minimum absolute atomic E-state index is 0.0610. The standard InChI is InChI=1S/C22H27N3O2/c1-17(2)19-9-7-18(8-10-19)16-21(26)24-12-5-13-25(15-14-24)22(27)20-6-3-4-11-23-20/h3-4,6-11,17H,5,12-16H2,1-2H3. The van der Waals surface area contributed by atoms with Gasteiger partial charge in [-0.2, -0.15) is 0 Å². The van der Waals surface area contributed by atoms with Crippen molar-refractivity contribution in [3.05, 3.63) is 65.5 Å². The van der Waals surface area contributed by atoms with Crippen molar-refractivity contribution in [2.24, 2.45) is 0 Å². The van der Waals surface area contributed by atoms with Crippen molar-refractivity contribution < 1.29 is 9.59 Å². The first-order valence-corrected chi connectivity index (χ1v) is 9.61. The zero-order chi connectivity index (χ0) is 19.2. The van der Waals surface area contributed by atoms with Gasteiger partial charge in [-0.15, -0.1) is 0 Å². The van der Waals surface area contributed by atoms with Gasteiger partial charge < -0.3 is 9.80 Å². The van der Waals surface area contributed by atoms with Gasteiger partial charge in [0.1, 0.15) is 5.69 Å². The third-order valence-corrected chi connectivity index (χ3v) is 5.02. The molecule has 5 nitrogen and oxygen atoms in total. The first kappa shape index (κ1) is 19.1. The van der Waals surface area contributed by atoms with Crippen molar-refractivity contribution in [3.8, 4) is 0 Å². The minimum Gasteiger partial charge on any atom is -0.341 e. The largest absolute Gasteiger partial charge is 0.341 e. The maximum Gasteiger partial charge on any atom is 0.272 e. The second-order valence-electron chi connectivity index (χ2n) is 7.31. The quantitative estimate of drug-likeness (QED) is 0.836. The van der Waals surface area contributed by atoms with Crippen LogP contribution in [0.15, 0.2) is 48.7 Å². The van der Waals surface area contributed by atoms with Crippen LogP contribution in [0.4, 0.5) is 0 Å². The molecule has 2 heterocycles. The zero-order valence-electron chi connectivity index (χ0n) is 16.1. The van der Waals surface area contributed by atoms with Crippen LogP contribution in [-0.2, 0) is 11.2 Å². The molecule has 1 aliphatic rings. The van der Waals surface area contributed by atoms with Crippen LogP contribution in [0.2, 0.25) is 0 Å². The Bertz CT molecular complexity index is 772. The van der Waals surface area contributed by atoms with Crippen LogP contribution in [0.3, 0.4) is 0 Å². The first-order chi connectivity index (χ1) is 13.0. The molecule has 27 heavy (non-hydrogen) atoms. The number of nitrogens with zero attached hydrogens (tertiary/aromatic N) is 3. The van der Waals surface area contributed by atoms with Crippen molar-refractivity contribution in [3.63, 3.8) is 0 Å². The van der Waals surface area contributed by atoms with E-state index in [9.17, 15) is 9.59 Å². The molecule has 142 valence electrons. The maximum absolute atomic E-state index is 12.7. The number of rotatable bonds is 4. The third-order valence-electron chi connectivity index (χ3n) is 5.02. The highest BCUT2D eigenvalue weighted by Crippen LogP contribution is 2.16. The summed E-state index contributed by atoms with van der Waals surface area (Å²) in [6, 6.07) is 13.6. The van der Waals surface area contributed by atoms with E-state index in [1.807, 2.05) is 23.1 Å². The van der Waals surface area contributed by atoms with Crippen molar-refractivity contribution in [2.45, 2.75) is 32.6 Å². The Morgan fingerprint density at radius 2 is 1.67 bits per heavy atom. The number of hydrogen-bond donors (Lipinski definition) is 0. The molecule has 0 atom stereocenters. The number of amides is 2. The summed E-state index contributed by atoms with van der Waals surface area (Å²) in [5, 5.41) is 0. The molecule has 2 aromatic rings. The fourth-order valence-corrected chi connectivity index (χ4v) is 3.33. The summed E-state index contributed by atoms with van der Waals surface area (Å²) in [5.41, 5.74) is 2.78. The Kier molecular flexibility index (Phi) is 6.22. The van der Waals surface area contributed by atoms with E-state index in [2.05, 4.69) is 31.0 Å². The van der Waals surface area contributed by atoms with Gasteiger partial charge in [0.25, 0.3) is 5.91 Å². The predicted octanol–water partition coefficient (Wildman–Crippen LogP) is 3.12. The van der Waals surface area contributed by atoms with Crippen LogP contribution in [0.1, 0.15) is 47.8 Å².